The first kappa shape index (κ1) is 24.6. The van der Waals surface area contributed by atoms with Gasteiger partial charge in [-0.3, -0.25) is 4.31 Å². The van der Waals surface area contributed by atoms with Crippen molar-refractivity contribution in [3.8, 4) is 5.75 Å². The van der Waals surface area contributed by atoms with Gasteiger partial charge in [0.05, 0.1) is 24.2 Å². The standard InChI is InChI=1S/C17H23N5O3S.C2HF3O2/c1-13-9-14(21-5-3-18-4-6-21)17-15(10-13)22(7-8-25-17)26(23,24)16-11-20(2)12-19-16;3-2(4,5)1(6)7/h9-12,18H,3-8H2,1-2H3;(H,6,7). The highest BCUT2D eigenvalue weighted by Gasteiger charge is 2.38. The van der Waals surface area contributed by atoms with E-state index in [1.807, 2.05) is 13.0 Å². The number of sulfonamides is 1. The van der Waals surface area contributed by atoms with Crippen LogP contribution in [0.25, 0.3) is 0 Å². The molecule has 2 aliphatic rings. The number of carbonyl (C=O) groups is 1. The number of hydrogen-bond donors (Lipinski definition) is 2. The normalized spacial score (nSPS) is 16.4. The number of halogens is 3. The van der Waals surface area contributed by atoms with Crippen molar-refractivity contribution in [2.24, 2.45) is 7.05 Å². The number of hydrogen-bond acceptors (Lipinski definition) is 7. The molecule has 2 aromatic rings. The molecule has 1 fully saturated rings. The number of rotatable bonds is 3. The van der Waals surface area contributed by atoms with E-state index < -0.39 is 22.2 Å². The highest BCUT2D eigenvalue weighted by Crippen LogP contribution is 2.43. The molecule has 14 heteroatoms. The smallest absolute Gasteiger partial charge is 0.487 e. The lowest BCUT2D eigenvalue weighted by Crippen LogP contribution is -2.44. The molecule has 0 radical (unpaired) electrons. The highest BCUT2D eigenvalue weighted by molar-refractivity contribution is 7.92. The molecule has 0 amide bonds. The quantitative estimate of drug-likeness (QED) is 0.661. The van der Waals surface area contributed by atoms with Gasteiger partial charge in [0.1, 0.15) is 6.61 Å². The Bertz CT molecular complexity index is 1110. The maximum Gasteiger partial charge on any atom is 0.490 e. The first-order chi connectivity index (χ1) is 15.4. The summed E-state index contributed by atoms with van der Waals surface area (Å²) >= 11 is 0. The predicted octanol–water partition coefficient (Wildman–Crippen LogP) is 1.36. The minimum atomic E-state index is -5.08. The largest absolute Gasteiger partial charge is 0.490 e. The molecule has 2 N–H and O–H groups in total. The van der Waals surface area contributed by atoms with Crippen LogP contribution in [0.15, 0.2) is 29.7 Å². The molecule has 1 aromatic heterocycles. The number of nitrogens with zero attached hydrogens (tertiary/aromatic N) is 4. The summed E-state index contributed by atoms with van der Waals surface area (Å²) in [5.41, 5.74) is 2.56. The van der Waals surface area contributed by atoms with Crippen molar-refractivity contribution in [2.45, 2.75) is 18.1 Å². The lowest BCUT2D eigenvalue weighted by atomic mass is 10.1. The summed E-state index contributed by atoms with van der Waals surface area (Å²) in [4.78, 5) is 15.2. The average molecular weight is 491 g/mol. The SMILES string of the molecule is Cc1cc(N2CCNCC2)c2c(c1)N(S(=O)(=O)c1cn(C)cn1)CCO2.O=C(O)C(F)(F)F. The van der Waals surface area contributed by atoms with Crippen molar-refractivity contribution < 1.29 is 36.2 Å². The molecule has 0 unspecified atom stereocenters. The van der Waals surface area contributed by atoms with Crippen LogP contribution in [0, 0.1) is 6.92 Å². The summed E-state index contributed by atoms with van der Waals surface area (Å²) in [5.74, 6) is -2.12. The Kier molecular flexibility index (Phi) is 7.07. The molecule has 0 spiro atoms. The first-order valence-corrected chi connectivity index (χ1v) is 11.4. The lowest BCUT2D eigenvalue weighted by Gasteiger charge is -2.36. The zero-order chi connectivity index (χ0) is 24.4. The average Bonchev–Trinajstić information content (AvgIpc) is 3.20. The first-order valence-electron chi connectivity index (χ1n) is 9.95. The van der Waals surface area contributed by atoms with E-state index in [1.165, 1.54) is 16.8 Å². The van der Waals surface area contributed by atoms with Gasteiger partial charge in [0, 0.05) is 39.4 Å². The summed E-state index contributed by atoms with van der Waals surface area (Å²) in [5, 5.41) is 10.5. The monoisotopic (exact) mass is 491 g/mol. The number of benzene rings is 1. The summed E-state index contributed by atoms with van der Waals surface area (Å²) in [6.45, 7) is 6.11. The van der Waals surface area contributed by atoms with Crippen LogP contribution >= 0.6 is 0 Å². The fourth-order valence-electron chi connectivity index (χ4n) is 3.44. The van der Waals surface area contributed by atoms with Gasteiger partial charge in [-0.25, -0.2) is 9.78 Å². The fraction of sp³-hybridized carbons (Fsp3) is 0.474. The van der Waals surface area contributed by atoms with E-state index in [0.29, 0.717) is 18.0 Å². The van der Waals surface area contributed by atoms with Crippen molar-refractivity contribution in [2.75, 3.05) is 48.5 Å². The Morgan fingerprint density at radius 2 is 1.79 bits per heavy atom. The second-order valence-electron chi connectivity index (χ2n) is 7.48. The van der Waals surface area contributed by atoms with Crippen molar-refractivity contribution >= 4 is 27.4 Å². The van der Waals surface area contributed by atoms with Gasteiger partial charge in [0.25, 0.3) is 10.0 Å². The Balaban J connectivity index is 0.000000383. The van der Waals surface area contributed by atoms with Gasteiger partial charge in [0.2, 0.25) is 0 Å². The van der Waals surface area contributed by atoms with Crippen LogP contribution in [0.1, 0.15) is 5.56 Å². The number of ether oxygens (including phenoxy) is 1. The van der Waals surface area contributed by atoms with E-state index in [9.17, 15) is 21.6 Å². The maximum atomic E-state index is 13.1. The van der Waals surface area contributed by atoms with Crippen molar-refractivity contribution in [3.63, 3.8) is 0 Å². The van der Waals surface area contributed by atoms with Crippen LogP contribution in [0.5, 0.6) is 5.75 Å². The van der Waals surface area contributed by atoms with Gasteiger partial charge in [-0.05, 0) is 24.6 Å². The second-order valence-corrected chi connectivity index (χ2v) is 9.28. The van der Waals surface area contributed by atoms with Crippen LogP contribution in [0.3, 0.4) is 0 Å². The van der Waals surface area contributed by atoms with E-state index in [-0.39, 0.29) is 11.6 Å². The number of aryl methyl sites for hydroxylation is 2. The molecule has 4 rings (SSSR count). The van der Waals surface area contributed by atoms with Crippen molar-refractivity contribution in [3.05, 3.63) is 30.2 Å². The molecule has 0 aliphatic carbocycles. The Labute approximate surface area is 188 Å². The topological polar surface area (TPSA) is 117 Å². The molecule has 33 heavy (non-hydrogen) atoms. The summed E-state index contributed by atoms with van der Waals surface area (Å²) < 4.78 is 67.0. The van der Waals surface area contributed by atoms with Gasteiger partial charge in [-0.2, -0.15) is 21.6 Å². The zero-order valence-electron chi connectivity index (χ0n) is 18.0. The Hall–Kier alpha value is -3.00. The van der Waals surface area contributed by atoms with Gasteiger partial charge in [0.15, 0.2) is 10.8 Å². The molecule has 0 atom stereocenters. The van der Waals surface area contributed by atoms with Crippen LogP contribution in [0.4, 0.5) is 24.5 Å². The lowest BCUT2D eigenvalue weighted by molar-refractivity contribution is -0.192. The fourth-order valence-corrected chi connectivity index (χ4v) is 4.86. The number of alkyl halides is 3. The number of aliphatic carboxylic acids is 1. The van der Waals surface area contributed by atoms with E-state index in [4.69, 9.17) is 14.6 Å². The molecule has 0 bridgehead atoms. The molecule has 1 aromatic carbocycles. The van der Waals surface area contributed by atoms with Crippen LogP contribution < -0.4 is 19.3 Å². The molecular weight excluding hydrogens is 467 g/mol. The summed E-state index contributed by atoms with van der Waals surface area (Å²) in [7, 11) is -1.97. The van der Waals surface area contributed by atoms with Crippen LogP contribution in [-0.4, -0.2) is 74.6 Å². The van der Waals surface area contributed by atoms with Gasteiger partial charge < -0.3 is 24.6 Å². The molecule has 0 saturated carbocycles. The van der Waals surface area contributed by atoms with Crippen molar-refractivity contribution in [1.29, 1.82) is 0 Å². The van der Waals surface area contributed by atoms with Gasteiger partial charge in [-0.15, -0.1) is 0 Å². The number of nitrogens with one attached hydrogen (secondary N) is 1. The molecule has 182 valence electrons. The number of aromatic nitrogens is 2. The van der Waals surface area contributed by atoms with E-state index in [0.717, 1.165) is 37.4 Å². The van der Waals surface area contributed by atoms with Gasteiger partial charge >= 0.3 is 12.1 Å². The molecular formula is C19H24F3N5O5S. The third kappa shape index (κ3) is 5.50. The third-order valence-corrected chi connectivity index (χ3v) is 6.64. The van der Waals surface area contributed by atoms with Crippen LogP contribution in [-0.2, 0) is 21.9 Å². The maximum absolute atomic E-state index is 13.1. The van der Waals surface area contributed by atoms with Crippen molar-refractivity contribution in [1.82, 2.24) is 14.9 Å². The zero-order valence-corrected chi connectivity index (χ0v) is 18.8. The number of carboxylic acid groups (broad SMARTS) is 1. The molecule has 1 saturated heterocycles. The minimum absolute atomic E-state index is 0.0538. The molecule has 2 aliphatic heterocycles. The van der Waals surface area contributed by atoms with E-state index in [2.05, 4.69) is 21.3 Å². The van der Waals surface area contributed by atoms with Crippen LogP contribution in [0.2, 0.25) is 0 Å². The molecule has 3 heterocycles. The number of imidazole rings is 1. The van der Waals surface area contributed by atoms with E-state index >= 15 is 0 Å². The van der Waals surface area contributed by atoms with E-state index in [1.54, 1.807) is 11.6 Å². The minimum Gasteiger partial charge on any atom is -0.487 e. The van der Waals surface area contributed by atoms with Gasteiger partial charge in [-0.1, -0.05) is 0 Å². The Morgan fingerprint density at radius 3 is 2.33 bits per heavy atom. The third-order valence-electron chi connectivity index (χ3n) is 4.94. The summed E-state index contributed by atoms with van der Waals surface area (Å²) in [6, 6.07) is 3.95. The predicted molar refractivity (Wildman–Crippen MR) is 113 cm³/mol. The number of fused-ring (bicyclic) bond motifs is 1. The second kappa shape index (κ2) is 9.47. The number of anilines is 2. The summed E-state index contributed by atoms with van der Waals surface area (Å²) in [6.07, 6.45) is -2.06. The Morgan fingerprint density at radius 1 is 1.18 bits per heavy atom. The molecule has 10 nitrogen and oxygen atoms in total. The number of piperazine rings is 1. The highest BCUT2D eigenvalue weighted by atomic mass is 32.2. The number of carboxylic acids is 1.